The highest BCUT2D eigenvalue weighted by molar-refractivity contribution is 8.18. The first-order valence-corrected chi connectivity index (χ1v) is 11.3. The number of amidine groups is 1. The van der Waals surface area contributed by atoms with Crippen molar-refractivity contribution in [3.63, 3.8) is 0 Å². The van der Waals surface area contributed by atoms with Gasteiger partial charge in [0.05, 0.1) is 16.6 Å². The summed E-state index contributed by atoms with van der Waals surface area (Å²) in [6.07, 6.45) is 1.84. The Morgan fingerprint density at radius 2 is 1.67 bits per heavy atom. The first kappa shape index (κ1) is 22.4. The molecule has 1 aliphatic rings. The van der Waals surface area contributed by atoms with Crippen molar-refractivity contribution in [2.24, 2.45) is 10.7 Å². The maximum absolute atomic E-state index is 13.4. The molecule has 7 heteroatoms. The Balaban J connectivity index is 1.64. The zero-order chi connectivity index (χ0) is 23.2. The maximum Gasteiger partial charge on any atom is 0.267 e. The monoisotopic (exact) mass is 457 g/mol. The number of para-hydroxylation sites is 1. The van der Waals surface area contributed by atoms with E-state index in [9.17, 15) is 9.59 Å². The summed E-state index contributed by atoms with van der Waals surface area (Å²) in [6.45, 7) is 1.82. The number of hydrogen-bond acceptors (Lipinski definition) is 5. The molecule has 4 rings (SSSR count). The zero-order valence-corrected chi connectivity index (χ0v) is 18.9. The third-order valence-corrected chi connectivity index (χ3v) is 6.03. The van der Waals surface area contributed by atoms with Crippen LogP contribution in [0.25, 0.3) is 6.08 Å². The summed E-state index contributed by atoms with van der Waals surface area (Å²) in [7, 11) is 0. The summed E-state index contributed by atoms with van der Waals surface area (Å²) in [5.74, 6) is -0.0981. The van der Waals surface area contributed by atoms with Crippen LogP contribution in [0, 0.1) is 0 Å². The third kappa shape index (κ3) is 5.51. The number of benzene rings is 3. The summed E-state index contributed by atoms with van der Waals surface area (Å²) in [6, 6.07) is 26.5. The molecule has 166 valence electrons. The summed E-state index contributed by atoms with van der Waals surface area (Å²) in [4.78, 5) is 31.4. The number of amides is 2. The van der Waals surface area contributed by atoms with Gasteiger partial charge < -0.3 is 10.5 Å². The van der Waals surface area contributed by atoms with E-state index in [0.29, 0.717) is 15.8 Å². The van der Waals surface area contributed by atoms with Crippen LogP contribution in [0.3, 0.4) is 0 Å². The Morgan fingerprint density at radius 1 is 1.03 bits per heavy atom. The lowest BCUT2D eigenvalue weighted by molar-refractivity contribution is -0.123. The molecule has 0 spiro atoms. The van der Waals surface area contributed by atoms with Crippen molar-refractivity contribution in [2.45, 2.75) is 13.0 Å². The van der Waals surface area contributed by atoms with Crippen LogP contribution in [0.15, 0.2) is 94.8 Å². The van der Waals surface area contributed by atoms with E-state index >= 15 is 0 Å². The molecule has 0 saturated carbocycles. The molecule has 1 heterocycles. The zero-order valence-electron chi connectivity index (χ0n) is 18.0. The van der Waals surface area contributed by atoms with E-state index in [4.69, 9.17) is 15.5 Å². The minimum atomic E-state index is -0.535. The molecule has 2 N–H and O–H groups in total. The van der Waals surface area contributed by atoms with Crippen LogP contribution in [0.5, 0.6) is 5.75 Å². The Morgan fingerprint density at radius 3 is 2.30 bits per heavy atom. The number of carbonyl (C=O) groups excluding carboxylic acids is 2. The van der Waals surface area contributed by atoms with Crippen LogP contribution >= 0.6 is 11.8 Å². The lowest BCUT2D eigenvalue weighted by atomic mass is 10.1. The Hall–Kier alpha value is -3.84. The van der Waals surface area contributed by atoms with Crippen LogP contribution in [-0.4, -0.2) is 28.5 Å². The van der Waals surface area contributed by atoms with E-state index in [-0.39, 0.29) is 18.6 Å². The van der Waals surface area contributed by atoms with E-state index < -0.39 is 5.91 Å². The topological polar surface area (TPSA) is 85.0 Å². The fourth-order valence-corrected chi connectivity index (χ4v) is 4.43. The molecule has 0 aliphatic carbocycles. The van der Waals surface area contributed by atoms with Gasteiger partial charge in [0.25, 0.3) is 11.8 Å². The average Bonchev–Trinajstić information content (AvgIpc) is 3.13. The van der Waals surface area contributed by atoms with Crippen LogP contribution in [0.1, 0.15) is 24.1 Å². The molecule has 0 unspecified atom stereocenters. The minimum Gasteiger partial charge on any atom is -0.484 e. The number of ether oxygens (including phenoxy) is 1. The average molecular weight is 458 g/mol. The van der Waals surface area contributed by atoms with Gasteiger partial charge in [0.1, 0.15) is 5.75 Å². The highest BCUT2D eigenvalue weighted by Gasteiger charge is 2.37. The van der Waals surface area contributed by atoms with E-state index in [1.165, 1.54) is 11.8 Å². The van der Waals surface area contributed by atoms with Gasteiger partial charge in [-0.1, -0.05) is 60.7 Å². The molecule has 6 nitrogen and oxygen atoms in total. The summed E-state index contributed by atoms with van der Waals surface area (Å²) in [5.41, 5.74) is 7.77. The molecule has 3 aromatic carbocycles. The van der Waals surface area contributed by atoms with Gasteiger partial charge >= 0.3 is 0 Å². The van der Waals surface area contributed by atoms with E-state index in [1.807, 2.05) is 85.8 Å². The van der Waals surface area contributed by atoms with E-state index in [2.05, 4.69) is 0 Å². The standard InChI is InChI=1S/C26H23N3O3S/c1-18(20-8-4-2-5-9-20)29-25(31)23(33-26(29)28-21-10-6-3-7-11-21)16-19-12-14-22(15-13-19)32-17-24(27)30/h2-16,18H,17H2,1H3,(H2,27,30)/b23-16+,28-26?/t18-/m1/s1. The second kappa shape index (κ2) is 10.2. The van der Waals surface area contributed by atoms with E-state index in [0.717, 1.165) is 16.8 Å². The number of primary amides is 1. The predicted octanol–water partition coefficient (Wildman–Crippen LogP) is 4.92. The van der Waals surface area contributed by atoms with Crippen molar-refractivity contribution in [2.75, 3.05) is 6.61 Å². The van der Waals surface area contributed by atoms with Crippen molar-refractivity contribution in [3.05, 3.63) is 101 Å². The van der Waals surface area contributed by atoms with Crippen molar-refractivity contribution >= 4 is 40.5 Å². The van der Waals surface area contributed by atoms with Gasteiger partial charge in [-0.3, -0.25) is 14.5 Å². The summed E-state index contributed by atoms with van der Waals surface area (Å²) < 4.78 is 5.30. The van der Waals surface area contributed by atoms with Crippen LogP contribution < -0.4 is 10.5 Å². The molecule has 0 bridgehead atoms. The first-order chi connectivity index (χ1) is 16.0. The number of nitrogens with zero attached hydrogens (tertiary/aromatic N) is 2. The maximum atomic E-state index is 13.4. The fraction of sp³-hybridized carbons (Fsp3) is 0.115. The van der Waals surface area contributed by atoms with Crippen molar-refractivity contribution in [3.8, 4) is 5.75 Å². The van der Waals surface area contributed by atoms with E-state index in [1.54, 1.807) is 17.0 Å². The predicted molar refractivity (Wildman–Crippen MR) is 132 cm³/mol. The van der Waals surface area contributed by atoms with Crippen molar-refractivity contribution in [1.29, 1.82) is 0 Å². The third-order valence-electron chi connectivity index (χ3n) is 5.05. The number of thioether (sulfide) groups is 1. The van der Waals surface area contributed by atoms with Gasteiger partial charge in [-0.25, -0.2) is 4.99 Å². The lowest BCUT2D eigenvalue weighted by Crippen LogP contribution is -2.32. The fourth-order valence-electron chi connectivity index (χ4n) is 3.37. The quantitative estimate of drug-likeness (QED) is 0.511. The molecule has 0 aromatic heterocycles. The molecular weight excluding hydrogens is 434 g/mol. The van der Waals surface area contributed by atoms with Crippen LogP contribution in [0.2, 0.25) is 0 Å². The second-order valence-corrected chi connectivity index (χ2v) is 8.44. The Bertz CT molecular complexity index is 1190. The first-order valence-electron chi connectivity index (χ1n) is 10.4. The molecule has 1 aliphatic heterocycles. The number of carbonyl (C=O) groups is 2. The molecule has 1 saturated heterocycles. The number of nitrogens with two attached hydrogens (primary N) is 1. The largest absolute Gasteiger partial charge is 0.484 e. The highest BCUT2D eigenvalue weighted by atomic mass is 32.2. The lowest BCUT2D eigenvalue weighted by Gasteiger charge is -2.24. The van der Waals surface area contributed by atoms with Gasteiger partial charge in [-0.2, -0.15) is 0 Å². The number of aliphatic imine (C=N–C) groups is 1. The molecule has 0 radical (unpaired) electrons. The number of hydrogen-bond donors (Lipinski definition) is 1. The van der Waals surface area contributed by atoms with Gasteiger partial charge in [-0.05, 0) is 60.2 Å². The Kier molecular flexibility index (Phi) is 6.90. The normalized spacial score (nSPS) is 16.9. The smallest absolute Gasteiger partial charge is 0.267 e. The van der Waals surface area contributed by atoms with Crippen LogP contribution in [-0.2, 0) is 9.59 Å². The Labute approximate surface area is 196 Å². The molecule has 3 aromatic rings. The molecule has 1 atom stereocenters. The van der Waals surface area contributed by atoms with Gasteiger partial charge in [0.2, 0.25) is 0 Å². The summed E-state index contributed by atoms with van der Waals surface area (Å²) in [5, 5.41) is 0.634. The van der Waals surface area contributed by atoms with Gasteiger partial charge in [-0.15, -0.1) is 0 Å². The van der Waals surface area contributed by atoms with Crippen molar-refractivity contribution < 1.29 is 14.3 Å². The molecular formula is C26H23N3O3S. The molecule has 1 fully saturated rings. The SMILES string of the molecule is C[C@H](c1ccccc1)N1C(=O)/C(=C\c2ccc(OCC(N)=O)cc2)SC1=Nc1ccccc1. The highest BCUT2D eigenvalue weighted by Crippen LogP contribution is 2.39. The molecule has 33 heavy (non-hydrogen) atoms. The molecule has 2 amide bonds. The minimum absolute atomic E-state index is 0.0971. The van der Waals surface area contributed by atoms with Gasteiger partial charge in [0, 0.05) is 0 Å². The number of rotatable bonds is 7. The summed E-state index contributed by atoms with van der Waals surface area (Å²) >= 11 is 1.35. The second-order valence-electron chi connectivity index (χ2n) is 7.43. The van der Waals surface area contributed by atoms with Crippen molar-refractivity contribution in [1.82, 2.24) is 4.90 Å². The van der Waals surface area contributed by atoms with Crippen LogP contribution in [0.4, 0.5) is 5.69 Å². The van der Waals surface area contributed by atoms with Gasteiger partial charge in [0.15, 0.2) is 11.8 Å².